The van der Waals surface area contributed by atoms with E-state index in [4.69, 9.17) is 9.40 Å². The van der Waals surface area contributed by atoms with Crippen molar-refractivity contribution in [3.63, 3.8) is 0 Å². The molecule has 8 heteroatoms. The summed E-state index contributed by atoms with van der Waals surface area (Å²) in [5.41, 5.74) is 1.89. The van der Waals surface area contributed by atoms with Gasteiger partial charge in [0.2, 0.25) is 0 Å². The van der Waals surface area contributed by atoms with Crippen LogP contribution in [0.2, 0.25) is 0 Å². The van der Waals surface area contributed by atoms with E-state index < -0.39 is 0 Å². The summed E-state index contributed by atoms with van der Waals surface area (Å²) < 4.78 is 7.41. The average molecular weight is 450 g/mol. The summed E-state index contributed by atoms with van der Waals surface area (Å²) in [4.78, 5) is 21.9. The molecule has 7 nitrogen and oxygen atoms in total. The van der Waals surface area contributed by atoms with E-state index in [0.717, 1.165) is 18.5 Å². The van der Waals surface area contributed by atoms with Crippen LogP contribution < -0.4 is 5.32 Å². The van der Waals surface area contributed by atoms with Gasteiger partial charge in [0.05, 0.1) is 29.5 Å². The Balaban J connectivity index is 1.47. The van der Waals surface area contributed by atoms with Crippen molar-refractivity contribution >= 4 is 28.3 Å². The van der Waals surface area contributed by atoms with E-state index in [-0.39, 0.29) is 18.0 Å². The van der Waals surface area contributed by atoms with E-state index in [1.807, 2.05) is 16.8 Å². The number of amides is 1. The van der Waals surface area contributed by atoms with Gasteiger partial charge in [0, 0.05) is 17.5 Å². The van der Waals surface area contributed by atoms with E-state index in [1.54, 1.807) is 29.9 Å². The molecule has 0 saturated carbocycles. The Hall–Kier alpha value is -2.97. The second kappa shape index (κ2) is 8.88. The Morgan fingerprint density at radius 2 is 2.09 bits per heavy atom. The lowest BCUT2D eigenvalue weighted by atomic mass is 10.1. The maximum absolute atomic E-state index is 13.4. The first-order valence-electron chi connectivity index (χ1n) is 11.1. The van der Waals surface area contributed by atoms with Crippen molar-refractivity contribution in [2.45, 2.75) is 38.8 Å². The number of fused-ring (bicyclic) bond motifs is 1. The average Bonchev–Trinajstić information content (AvgIpc) is 3.60. The van der Waals surface area contributed by atoms with Crippen molar-refractivity contribution in [3.05, 3.63) is 58.6 Å². The van der Waals surface area contributed by atoms with Crippen molar-refractivity contribution in [2.75, 3.05) is 19.6 Å². The fraction of sp³-hybridized carbons (Fsp3) is 0.375. The fourth-order valence-electron chi connectivity index (χ4n) is 4.36. The molecule has 1 unspecified atom stereocenters. The lowest BCUT2D eigenvalue weighted by Gasteiger charge is -2.27. The number of furan rings is 1. The standard InChI is InChI=1S/C24H27N5O2S/c1-16(2)29-23-18(14-26-29)17(13-19(27-23)21-7-5-11-31-21)24(30)25-15-20(22-8-6-12-32-22)28-9-3-4-10-28/h5-8,11-14,16,20H,3-4,9-10,15H2,1-2H3,(H,25,30). The maximum Gasteiger partial charge on any atom is 0.252 e. The first-order valence-corrected chi connectivity index (χ1v) is 12.0. The van der Waals surface area contributed by atoms with Crippen molar-refractivity contribution < 1.29 is 9.21 Å². The Labute approximate surface area is 191 Å². The van der Waals surface area contributed by atoms with E-state index >= 15 is 0 Å². The van der Waals surface area contributed by atoms with Crippen LogP contribution in [0.25, 0.3) is 22.5 Å². The number of nitrogens with zero attached hydrogens (tertiary/aromatic N) is 4. The first-order chi connectivity index (χ1) is 15.6. The van der Waals surface area contributed by atoms with Gasteiger partial charge in [0.15, 0.2) is 11.4 Å². The van der Waals surface area contributed by atoms with Gasteiger partial charge < -0.3 is 9.73 Å². The highest BCUT2D eigenvalue weighted by molar-refractivity contribution is 7.10. The molecule has 1 fully saturated rings. The van der Waals surface area contributed by atoms with Crippen LogP contribution in [0.5, 0.6) is 0 Å². The molecule has 0 radical (unpaired) electrons. The van der Waals surface area contributed by atoms with Gasteiger partial charge in [-0.2, -0.15) is 5.10 Å². The van der Waals surface area contributed by atoms with Gasteiger partial charge in [0.1, 0.15) is 5.69 Å². The number of carbonyl (C=O) groups is 1. The molecule has 5 rings (SSSR count). The molecular weight excluding hydrogens is 422 g/mol. The maximum atomic E-state index is 13.4. The van der Waals surface area contributed by atoms with Crippen LogP contribution in [0.1, 0.15) is 54.0 Å². The van der Waals surface area contributed by atoms with Crippen molar-refractivity contribution in [3.8, 4) is 11.5 Å². The molecule has 0 bridgehead atoms. The zero-order valence-electron chi connectivity index (χ0n) is 18.3. The third-order valence-corrected chi connectivity index (χ3v) is 6.96. The molecule has 4 aromatic rings. The molecule has 1 aliphatic rings. The normalized spacial score (nSPS) is 15.6. The van der Waals surface area contributed by atoms with E-state index in [0.29, 0.717) is 29.2 Å². The molecule has 4 aromatic heterocycles. The number of hydrogen-bond acceptors (Lipinski definition) is 6. The number of rotatable bonds is 7. The zero-order valence-corrected chi connectivity index (χ0v) is 19.1. The van der Waals surface area contributed by atoms with Crippen LogP contribution >= 0.6 is 11.3 Å². The molecule has 1 N–H and O–H groups in total. The topological polar surface area (TPSA) is 76.2 Å². The van der Waals surface area contributed by atoms with Crippen LogP contribution in [-0.4, -0.2) is 45.2 Å². The molecule has 1 aliphatic heterocycles. The Morgan fingerprint density at radius 1 is 1.25 bits per heavy atom. The van der Waals surface area contributed by atoms with Gasteiger partial charge >= 0.3 is 0 Å². The molecule has 1 atom stereocenters. The third-order valence-electron chi connectivity index (χ3n) is 5.98. The van der Waals surface area contributed by atoms with Gasteiger partial charge in [-0.15, -0.1) is 11.3 Å². The summed E-state index contributed by atoms with van der Waals surface area (Å²) in [6, 6.07) is 10.0. The van der Waals surface area contributed by atoms with Crippen LogP contribution in [0.3, 0.4) is 0 Å². The molecule has 0 spiro atoms. The van der Waals surface area contributed by atoms with Crippen LogP contribution in [0, 0.1) is 0 Å². The molecule has 5 heterocycles. The van der Waals surface area contributed by atoms with Gasteiger partial charge in [-0.25, -0.2) is 9.67 Å². The summed E-state index contributed by atoms with van der Waals surface area (Å²) in [6.07, 6.45) is 5.77. The van der Waals surface area contributed by atoms with Gasteiger partial charge in [-0.05, 0) is 69.4 Å². The molecule has 0 aromatic carbocycles. The predicted molar refractivity (Wildman–Crippen MR) is 126 cm³/mol. The van der Waals surface area contributed by atoms with Gasteiger partial charge in [-0.3, -0.25) is 9.69 Å². The number of carbonyl (C=O) groups excluding carboxylic acids is 1. The Bertz CT molecular complexity index is 1190. The summed E-state index contributed by atoms with van der Waals surface area (Å²) in [5, 5.41) is 10.5. The first kappa shape index (κ1) is 20.9. The Morgan fingerprint density at radius 3 is 2.78 bits per heavy atom. The largest absolute Gasteiger partial charge is 0.463 e. The minimum absolute atomic E-state index is 0.116. The lowest BCUT2D eigenvalue weighted by Crippen LogP contribution is -2.36. The summed E-state index contributed by atoms with van der Waals surface area (Å²) in [6.45, 7) is 6.81. The number of nitrogens with one attached hydrogen (secondary N) is 1. The number of aromatic nitrogens is 3. The third kappa shape index (κ3) is 3.96. The summed E-state index contributed by atoms with van der Waals surface area (Å²) >= 11 is 1.75. The molecule has 1 saturated heterocycles. The summed E-state index contributed by atoms with van der Waals surface area (Å²) in [5.74, 6) is 0.514. The van der Waals surface area contributed by atoms with E-state index in [1.165, 1.54) is 17.7 Å². The number of thiophene rings is 1. The molecule has 166 valence electrons. The second-order valence-corrected chi connectivity index (χ2v) is 9.42. The van der Waals surface area contributed by atoms with Crippen molar-refractivity contribution in [1.29, 1.82) is 0 Å². The fourth-order valence-corrected chi connectivity index (χ4v) is 5.22. The number of pyridine rings is 1. The molecule has 1 amide bonds. The van der Waals surface area contributed by atoms with Crippen molar-refractivity contribution in [1.82, 2.24) is 25.0 Å². The minimum atomic E-state index is -0.116. The number of hydrogen-bond donors (Lipinski definition) is 1. The molecule has 32 heavy (non-hydrogen) atoms. The highest BCUT2D eigenvalue weighted by Crippen LogP contribution is 2.29. The van der Waals surface area contributed by atoms with Crippen LogP contribution in [-0.2, 0) is 0 Å². The van der Waals surface area contributed by atoms with Gasteiger partial charge in [-0.1, -0.05) is 6.07 Å². The quantitative estimate of drug-likeness (QED) is 0.434. The lowest BCUT2D eigenvalue weighted by molar-refractivity contribution is 0.0940. The molecular formula is C24H27N5O2S. The SMILES string of the molecule is CC(C)n1ncc2c(C(=O)NCC(c3cccs3)N3CCCC3)cc(-c3ccco3)nc21. The number of likely N-dealkylation sites (tertiary alicyclic amines) is 1. The van der Waals surface area contributed by atoms with Crippen LogP contribution in [0.4, 0.5) is 0 Å². The van der Waals surface area contributed by atoms with E-state index in [9.17, 15) is 4.79 Å². The summed E-state index contributed by atoms with van der Waals surface area (Å²) in [7, 11) is 0. The second-order valence-electron chi connectivity index (χ2n) is 8.44. The Kier molecular flexibility index (Phi) is 5.80. The van der Waals surface area contributed by atoms with Crippen LogP contribution in [0.15, 0.2) is 52.6 Å². The minimum Gasteiger partial charge on any atom is -0.463 e. The highest BCUT2D eigenvalue weighted by Gasteiger charge is 2.26. The van der Waals surface area contributed by atoms with Crippen molar-refractivity contribution in [2.24, 2.45) is 0 Å². The predicted octanol–water partition coefficient (Wildman–Crippen LogP) is 4.90. The zero-order chi connectivity index (χ0) is 22.1. The highest BCUT2D eigenvalue weighted by atomic mass is 32.1. The molecule has 0 aliphatic carbocycles. The van der Waals surface area contributed by atoms with E-state index in [2.05, 4.69) is 46.7 Å². The smallest absolute Gasteiger partial charge is 0.252 e. The van der Waals surface area contributed by atoms with Gasteiger partial charge in [0.25, 0.3) is 5.91 Å². The monoisotopic (exact) mass is 449 g/mol.